The molecule has 8 heavy (non-hydrogen) atoms. The average Bonchev–Trinajstić information content (AvgIpc) is 1.83. The van der Waals surface area contributed by atoms with Gasteiger partial charge in [-0.05, 0) is 12.5 Å². The van der Waals surface area contributed by atoms with Crippen LogP contribution in [0.15, 0.2) is 24.3 Å². The molecule has 0 heterocycles. The first-order valence-corrected chi connectivity index (χ1v) is 2.56. The molecule has 0 aromatic heterocycles. The minimum atomic E-state index is 0.694. The molecule has 0 saturated heterocycles. The SMILES string of the molecule is C#CC/C(C=C)=C\C. The van der Waals surface area contributed by atoms with E-state index in [1.54, 1.807) is 6.08 Å². The smallest absolute Gasteiger partial charge is 0.0334 e. The van der Waals surface area contributed by atoms with Gasteiger partial charge in [-0.1, -0.05) is 18.7 Å². The maximum atomic E-state index is 5.04. The lowest BCUT2D eigenvalue weighted by molar-refractivity contribution is 1.33. The van der Waals surface area contributed by atoms with Crippen LogP contribution in [-0.4, -0.2) is 0 Å². The van der Waals surface area contributed by atoms with Crippen molar-refractivity contribution in [2.24, 2.45) is 0 Å². The normalized spacial score (nSPS) is 10.2. The van der Waals surface area contributed by atoms with Crippen molar-refractivity contribution in [1.29, 1.82) is 0 Å². The van der Waals surface area contributed by atoms with E-state index in [2.05, 4.69) is 12.5 Å². The van der Waals surface area contributed by atoms with Crippen LogP contribution in [0, 0.1) is 12.3 Å². The summed E-state index contributed by atoms with van der Waals surface area (Å²) in [5, 5.41) is 0. The van der Waals surface area contributed by atoms with E-state index in [-0.39, 0.29) is 0 Å². The summed E-state index contributed by atoms with van der Waals surface area (Å²) in [5.41, 5.74) is 1.12. The monoisotopic (exact) mass is 106 g/mol. The molecule has 0 heteroatoms. The van der Waals surface area contributed by atoms with Gasteiger partial charge in [0.1, 0.15) is 0 Å². The maximum absolute atomic E-state index is 5.04. The maximum Gasteiger partial charge on any atom is 0.0334 e. The van der Waals surface area contributed by atoms with Crippen LogP contribution in [0.1, 0.15) is 13.3 Å². The van der Waals surface area contributed by atoms with Crippen molar-refractivity contribution in [1.82, 2.24) is 0 Å². The second kappa shape index (κ2) is 4.21. The second-order valence-electron chi connectivity index (χ2n) is 1.45. The molecular weight excluding hydrogens is 96.1 g/mol. The minimum Gasteiger partial charge on any atom is -0.120 e. The van der Waals surface area contributed by atoms with Crippen LogP contribution in [0.2, 0.25) is 0 Å². The Morgan fingerprint density at radius 2 is 2.50 bits per heavy atom. The van der Waals surface area contributed by atoms with Crippen molar-refractivity contribution < 1.29 is 0 Å². The summed E-state index contributed by atoms with van der Waals surface area (Å²) in [6.45, 7) is 5.54. The van der Waals surface area contributed by atoms with Gasteiger partial charge in [0.05, 0.1) is 0 Å². The van der Waals surface area contributed by atoms with Gasteiger partial charge in [-0.2, -0.15) is 0 Å². The molecule has 0 aliphatic heterocycles. The fourth-order valence-electron chi connectivity index (χ4n) is 0.410. The molecule has 0 aromatic rings. The fourth-order valence-corrected chi connectivity index (χ4v) is 0.410. The molecule has 0 amide bonds. The topological polar surface area (TPSA) is 0 Å². The molecule has 0 fully saturated rings. The number of terminal acetylenes is 1. The van der Waals surface area contributed by atoms with E-state index < -0.39 is 0 Å². The van der Waals surface area contributed by atoms with Crippen molar-refractivity contribution in [3.05, 3.63) is 24.3 Å². The van der Waals surface area contributed by atoms with Crippen LogP contribution in [-0.2, 0) is 0 Å². The molecule has 0 aromatic carbocycles. The number of hydrogen-bond donors (Lipinski definition) is 0. The lowest BCUT2D eigenvalue weighted by Gasteiger charge is -1.88. The average molecular weight is 106 g/mol. The summed E-state index contributed by atoms with van der Waals surface area (Å²) in [4.78, 5) is 0. The first-order chi connectivity index (χ1) is 3.85. The van der Waals surface area contributed by atoms with Gasteiger partial charge in [-0.15, -0.1) is 12.3 Å². The van der Waals surface area contributed by atoms with Gasteiger partial charge in [0, 0.05) is 6.42 Å². The van der Waals surface area contributed by atoms with E-state index >= 15 is 0 Å². The van der Waals surface area contributed by atoms with E-state index in [4.69, 9.17) is 6.42 Å². The molecule has 0 aliphatic rings. The highest BCUT2D eigenvalue weighted by atomic mass is 13.9. The van der Waals surface area contributed by atoms with Crippen LogP contribution in [0.5, 0.6) is 0 Å². The standard InChI is InChI=1S/C8H10/c1-4-7-8(5-2)6-3/h1,5-6H,2,7H2,3H3/b8-6-. The molecule has 0 N–H and O–H groups in total. The molecular formula is C8H10. The lowest BCUT2D eigenvalue weighted by Crippen LogP contribution is -1.70. The molecule has 0 atom stereocenters. The Bertz CT molecular complexity index is 133. The second-order valence-corrected chi connectivity index (χ2v) is 1.45. The highest BCUT2D eigenvalue weighted by Crippen LogP contribution is 1.98. The Kier molecular flexibility index (Phi) is 3.70. The zero-order valence-corrected chi connectivity index (χ0v) is 5.15. The van der Waals surface area contributed by atoms with Gasteiger partial charge in [-0.25, -0.2) is 0 Å². The van der Waals surface area contributed by atoms with Gasteiger partial charge in [0.15, 0.2) is 0 Å². The van der Waals surface area contributed by atoms with Gasteiger partial charge in [0.2, 0.25) is 0 Å². The van der Waals surface area contributed by atoms with Crippen molar-refractivity contribution >= 4 is 0 Å². The predicted octanol–water partition coefficient (Wildman–Crippen LogP) is 2.14. The molecule has 0 aliphatic carbocycles. The Hall–Kier alpha value is -0.960. The summed E-state index contributed by atoms with van der Waals surface area (Å²) in [6.07, 6.45) is 9.48. The van der Waals surface area contributed by atoms with Crippen molar-refractivity contribution in [2.45, 2.75) is 13.3 Å². The highest BCUT2D eigenvalue weighted by Gasteiger charge is 1.80. The third kappa shape index (κ3) is 2.25. The van der Waals surface area contributed by atoms with Crippen LogP contribution >= 0.6 is 0 Å². The number of rotatable bonds is 2. The molecule has 42 valence electrons. The summed E-state index contributed by atoms with van der Waals surface area (Å²) in [5.74, 6) is 2.53. The van der Waals surface area contributed by atoms with E-state index in [1.807, 2.05) is 13.0 Å². The Morgan fingerprint density at radius 3 is 2.62 bits per heavy atom. The third-order valence-corrected chi connectivity index (χ3v) is 0.939. The van der Waals surface area contributed by atoms with E-state index in [0.717, 1.165) is 5.57 Å². The zero-order valence-electron chi connectivity index (χ0n) is 5.15. The first-order valence-electron chi connectivity index (χ1n) is 2.56. The zero-order chi connectivity index (χ0) is 6.41. The Labute approximate surface area is 50.9 Å². The largest absolute Gasteiger partial charge is 0.120 e. The van der Waals surface area contributed by atoms with Crippen molar-refractivity contribution in [3.8, 4) is 12.3 Å². The fraction of sp³-hybridized carbons (Fsp3) is 0.250. The number of hydrogen-bond acceptors (Lipinski definition) is 0. The molecule has 0 bridgehead atoms. The van der Waals surface area contributed by atoms with Crippen molar-refractivity contribution in [3.63, 3.8) is 0 Å². The van der Waals surface area contributed by atoms with Crippen LogP contribution in [0.4, 0.5) is 0 Å². The summed E-state index contributed by atoms with van der Waals surface area (Å²) >= 11 is 0. The summed E-state index contributed by atoms with van der Waals surface area (Å²) in [7, 11) is 0. The van der Waals surface area contributed by atoms with E-state index in [0.29, 0.717) is 6.42 Å². The summed E-state index contributed by atoms with van der Waals surface area (Å²) in [6, 6.07) is 0. The summed E-state index contributed by atoms with van der Waals surface area (Å²) < 4.78 is 0. The van der Waals surface area contributed by atoms with Gasteiger partial charge >= 0.3 is 0 Å². The Morgan fingerprint density at radius 1 is 1.88 bits per heavy atom. The predicted molar refractivity (Wildman–Crippen MR) is 37.4 cm³/mol. The quantitative estimate of drug-likeness (QED) is 0.373. The minimum absolute atomic E-state index is 0.694. The molecule has 0 radical (unpaired) electrons. The van der Waals surface area contributed by atoms with E-state index in [9.17, 15) is 0 Å². The third-order valence-electron chi connectivity index (χ3n) is 0.939. The van der Waals surface area contributed by atoms with Gasteiger partial charge in [0.25, 0.3) is 0 Å². The van der Waals surface area contributed by atoms with Gasteiger partial charge < -0.3 is 0 Å². The van der Waals surface area contributed by atoms with Crippen molar-refractivity contribution in [2.75, 3.05) is 0 Å². The molecule has 0 saturated carbocycles. The lowest BCUT2D eigenvalue weighted by atomic mass is 10.2. The van der Waals surface area contributed by atoms with Crippen LogP contribution in [0.25, 0.3) is 0 Å². The van der Waals surface area contributed by atoms with Crippen LogP contribution in [0.3, 0.4) is 0 Å². The number of allylic oxidation sites excluding steroid dienone is 3. The van der Waals surface area contributed by atoms with E-state index in [1.165, 1.54) is 0 Å². The first kappa shape index (κ1) is 7.04. The Balaban J connectivity index is 3.77. The molecule has 0 spiro atoms. The molecule has 0 nitrogen and oxygen atoms in total. The molecule has 0 unspecified atom stereocenters. The molecule has 0 rings (SSSR count). The highest BCUT2D eigenvalue weighted by molar-refractivity contribution is 5.20. The van der Waals surface area contributed by atoms with Gasteiger partial charge in [-0.3, -0.25) is 0 Å². The van der Waals surface area contributed by atoms with Crippen LogP contribution < -0.4 is 0 Å².